The van der Waals surface area contributed by atoms with Crippen LogP contribution in [-0.2, 0) is 9.59 Å². The molecule has 1 fully saturated rings. The number of ketones is 2. The third-order valence-electron chi connectivity index (χ3n) is 5.88. The summed E-state index contributed by atoms with van der Waals surface area (Å²) in [6.07, 6.45) is 4.27. The maximum absolute atomic E-state index is 13.7. The lowest BCUT2D eigenvalue weighted by Crippen LogP contribution is -3.05. The molecule has 0 spiro atoms. The van der Waals surface area contributed by atoms with Gasteiger partial charge in [-0.2, -0.15) is 0 Å². The van der Waals surface area contributed by atoms with Gasteiger partial charge in [-0.25, -0.2) is 4.98 Å². The molecule has 0 saturated carbocycles. The van der Waals surface area contributed by atoms with Gasteiger partial charge in [-0.1, -0.05) is 13.8 Å². The fourth-order valence-electron chi connectivity index (χ4n) is 4.23. The number of quaternary nitrogens is 1. The first-order valence-corrected chi connectivity index (χ1v) is 11.6. The summed E-state index contributed by atoms with van der Waals surface area (Å²) in [5.74, 6) is -1.53. The van der Waals surface area contributed by atoms with Crippen LogP contribution in [0.15, 0.2) is 42.7 Å². The van der Waals surface area contributed by atoms with Crippen LogP contribution in [0.25, 0.3) is 0 Å². The highest BCUT2D eigenvalue weighted by Gasteiger charge is 2.52. The molecule has 1 aliphatic heterocycles. The molecule has 0 radical (unpaired) electrons. The Bertz CT molecular complexity index is 1000. The van der Waals surface area contributed by atoms with Gasteiger partial charge in [-0.15, -0.1) is 0 Å². The molecule has 2 aromatic rings. The average Bonchev–Trinajstić information content (AvgIpc) is 3.02. The van der Waals surface area contributed by atoms with E-state index in [0.29, 0.717) is 30.4 Å². The van der Waals surface area contributed by atoms with Gasteiger partial charge in [0, 0.05) is 30.2 Å². The van der Waals surface area contributed by atoms with Gasteiger partial charge in [0.05, 0.1) is 33.3 Å². The number of Topliss-reactive ketones (excluding diaryl/α,β-unsaturated/α-hetero) is 2. The third kappa shape index (κ3) is 5.66. The highest BCUT2D eigenvalue weighted by atomic mass is 16.5. The Morgan fingerprint density at radius 3 is 2.58 bits per heavy atom. The second-order valence-corrected chi connectivity index (χ2v) is 9.48. The normalized spacial score (nSPS) is 18.5. The molecule has 33 heavy (non-hydrogen) atoms. The number of carbonyl (C=O) groups excluding carboxylic acids is 3. The summed E-state index contributed by atoms with van der Waals surface area (Å²) in [4.78, 5) is 45.6. The monoisotopic (exact) mass is 453 g/mol. The fraction of sp³-hybridized carbons (Fsp3) is 0.462. The number of nitrogens with one attached hydrogen (secondary N) is 2. The Balaban J connectivity index is 1.93. The van der Waals surface area contributed by atoms with Gasteiger partial charge in [0.1, 0.15) is 11.7 Å². The number of rotatable bonds is 10. The molecule has 7 nitrogen and oxygen atoms in total. The van der Waals surface area contributed by atoms with Gasteiger partial charge in [-0.3, -0.25) is 14.4 Å². The summed E-state index contributed by atoms with van der Waals surface area (Å²) in [7, 11) is 4.09. The number of pyridine rings is 1. The van der Waals surface area contributed by atoms with E-state index >= 15 is 0 Å². The number of hydrogen-bond donors (Lipinski definition) is 1. The zero-order valence-corrected chi connectivity index (χ0v) is 20.2. The smallest absolute Gasteiger partial charge is 0.291 e. The minimum atomic E-state index is -1.07. The minimum Gasteiger partial charge on any atom is -0.493 e. The van der Waals surface area contributed by atoms with E-state index in [1.165, 1.54) is 4.90 Å². The summed E-state index contributed by atoms with van der Waals surface area (Å²) in [5, 5.41) is 0. The van der Waals surface area contributed by atoms with Crippen LogP contribution in [0.2, 0.25) is 0 Å². The molecule has 2 unspecified atom stereocenters. The predicted molar refractivity (Wildman–Crippen MR) is 124 cm³/mol. The molecule has 0 aliphatic carbocycles. The molecule has 2 heterocycles. The molecule has 1 amide bonds. The highest BCUT2D eigenvalue weighted by molar-refractivity contribution is 6.44. The van der Waals surface area contributed by atoms with Crippen molar-refractivity contribution in [3.8, 4) is 5.75 Å². The number of hydrogen-bond acceptors (Lipinski definition) is 4. The zero-order chi connectivity index (χ0) is 24.1. The number of H-pyrrole nitrogens is 1. The van der Waals surface area contributed by atoms with Crippen LogP contribution in [0.1, 0.15) is 47.8 Å². The molecule has 1 saturated heterocycles. The van der Waals surface area contributed by atoms with Crippen LogP contribution >= 0.6 is 0 Å². The van der Waals surface area contributed by atoms with E-state index in [2.05, 4.69) is 18.8 Å². The Labute approximate surface area is 195 Å². The molecule has 176 valence electrons. The summed E-state index contributed by atoms with van der Waals surface area (Å²) in [6, 6.07) is 8.33. The SMILES string of the molecule is Cc1cc(OCC(C)C)ccc1C(=O)C1C(=O)C(=O)N(CCC[NH+](C)C)C1c1ccc[nH+]c1. The van der Waals surface area contributed by atoms with E-state index in [9.17, 15) is 14.4 Å². The first-order chi connectivity index (χ1) is 15.7. The summed E-state index contributed by atoms with van der Waals surface area (Å²) >= 11 is 0. The minimum absolute atomic E-state index is 0.323. The molecule has 1 aromatic carbocycles. The van der Waals surface area contributed by atoms with Crippen molar-refractivity contribution in [2.24, 2.45) is 11.8 Å². The number of aromatic amines is 1. The number of benzene rings is 1. The molecular formula is C26H35N3O4+2. The van der Waals surface area contributed by atoms with Crippen LogP contribution in [0.3, 0.4) is 0 Å². The van der Waals surface area contributed by atoms with Crippen LogP contribution in [0, 0.1) is 18.8 Å². The summed E-state index contributed by atoms with van der Waals surface area (Å²) in [6.45, 7) is 7.85. The van der Waals surface area contributed by atoms with E-state index < -0.39 is 23.7 Å². The molecule has 3 rings (SSSR count). The first-order valence-electron chi connectivity index (χ1n) is 11.6. The Kier molecular flexibility index (Phi) is 7.97. The van der Waals surface area contributed by atoms with Crippen molar-refractivity contribution < 1.29 is 29.0 Å². The molecule has 2 N–H and O–H groups in total. The van der Waals surface area contributed by atoms with Gasteiger partial charge >= 0.3 is 0 Å². The fourth-order valence-corrected chi connectivity index (χ4v) is 4.23. The zero-order valence-electron chi connectivity index (χ0n) is 20.2. The Morgan fingerprint density at radius 2 is 1.97 bits per heavy atom. The standard InChI is InChI=1S/C26H33N3O4/c1-17(2)16-33-20-9-10-21(18(3)14-20)24(30)22-23(19-8-6-11-27-15-19)29(26(32)25(22)31)13-7-12-28(4)5/h6,8-11,14-15,17,22-23H,7,12-13,16H2,1-5H3/p+2. The lowest BCUT2D eigenvalue weighted by molar-refractivity contribution is -0.858. The van der Waals surface area contributed by atoms with Crippen molar-refractivity contribution in [3.05, 3.63) is 59.4 Å². The van der Waals surface area contributed by atoms with E-state index in [-0.39, 0.29) is 5.78 Å². The van der Waals surface area contributed by atoms with Gasteiger partial charge in [0.2, 0.25) is 5.78 Å². The molecule has 2 atom stereocenters. The number of carbonyl (C=O) groups is 3. The quantitative estimate of drug-likeness (QED) is 0.334. The van der Waals surface area contributed by atoms with E-state index in [1.54, 1.807) is 29.4 Å². The van der Waals surface area contributed by atoms with E-state index in [0.717, 1.165) is 24.1 Å². The highest BCUT2D eigenvalue weighted by Crippen LogP contribution is 2.38. The lowest BCUT2D eigenvalue weighted by Gasteiger charge is -2.26. The number of aryl methyl sites for hydroxylation is 1. The van der Waals surface area contributed by atoms with Crippen molar-refractivity contribution in [2.45, 2.75) is 33.2 Å². The molecule has 1 aromatic heterocycles. The van der Waals surface area contributed by atoms with Gasteiger partial charge in [0.15, 0.2) is 18.2 Å². The van der Waals surface area contributed by atoms with Crippen molar-refractivity contribution in [1.82, 2.24) is 4.90 Å². The molecule has 7 heteroatoms. The maximum Gasteiger partial charge on any atom is 0.291 e. The average molecular weight is 454 g/mol. The number of aromatic nitrogens is 1. The number of likely N-dealkylation sites (tertiary alicyclic amines) is 1. The number of nitrogens with zero attached hydrogens (tertiary/aromatic N) is 1. The van der Waals surface area contributed by atoms with Crippen molar-refractivity contribution in [3.63, 3.8) is 0 Å². The molecule has 1 aliphatic rings. The lowest BCUT2D eigenvalue weighted by atomic mass is 9.85. The second kappa shape index (κ2) is 10.7. The van der Waals surface area contributed by atoms with Crippen LogP contribution < -0.4 is 14.6 Å². The Morgan fingerprint density at radius 1 is 1.21 bits per heavy atom. The van der Waals surface area contributed by atoms with E-state index in [4.69, 9.17) is 4.74 Å². The van der Waals surface area contributed by atoms with Crippen LogP contribution in [0.5, 0.6) is 5.75 Å². The molecular weight excluding hydrogens is 418 g/mol. The maximum atomic E-state index is 13.7. The summed E-state index contributed by atoms with van der Waals surface area (Å²) in [5.41, 5.74) is 1.93. The van der Waals surface area contributed by atoms with Gasteiger partial charge in [-0.05, 0) is 42.7 Å². The van der Waals surface area contributed by atoms with Crippen LogP contribution in [-0.4, -0.2) is 56.2 Å². The van der Waals surface area contributed by atoms with Gasteiger partial charge in [0.25, 0.3) is 5.91 Å². The van der Waals surface area contributed by atoms with Crippen molar-refractivity contribution in [1.29, 1.82) is 0 Å². The van der Waals surface area contributed by atoms with E-state index in [1.807, 2.05) is 39.2 Å². The Hall–Kier alpha value is -3.06. The summed E-state index contributed by atoms with van der Waals surface area (Å²) < 4.78 is 5.77. The third-order valence-corrected chi connectivity index (χ3v) is 5.88. The number of amides is 1. The van der Waals surface area contributed by atoms with Gasteiger partial charge < -0.3 is 14.5 Å². The molecule has 0 bridgehead atoms. The topological polar surface area (TPSA) is 82.3 Å². The first kappa shape index (κ1) is 24.6. The van der Waals surface area contributed by atoms with Crippen molar-refractivity contribution >= 4 is 17.5 Å². The second-order valence-electron chi connectivity index (χ2n) is 9.48. The number of ether oxygens (including phenoxy) is 1. The predicted octanol–water partition coefficient (Wildman–Crippen LogP) is 1.33. The van der Waals surface area contributed by atoms with Crippen LogP contribution in [0.4, 0.5) is 0 Å². The largest absolute Gasteiger partial charge is 0.493 e. The van der Waals surface area contributed by atoms with Crippen molar-refractivity contribution in [2.75, 3.05) is 33.8 Å².